The van der Waals surface area contributed by atoms with Crippen LogP contribution in [0.5, 0.6) is 0 Å². The van der Waals surface area contributed by atoms with E-state index in [1.165, 1.54) is 122 Å². The summed E-state index contributed by atoms with van der Waals surface area (Å²) in [6.07, 6.45) is 47.2. The fraction of sp³-hybridized carbons (Fsp3) is 0.792. The second-order valence-corrected chi connectivity index (χ2v) is 18.2. The van der Waals surface area contributed by atoms with Crippen molar-refractivity contribution in [1.29, 1.82) is 0 Å². The monoisotopic (exact) mass is 838 g/mol. The van der Waals surface area contributed by atoms with Crippen LogP contribution in [0.2, 0.25) is 0 Å². The summed E-state index contributed by atoms with van der Waals surface area (Å²) in [7, 11) is 1.12. The Labute approximate surface area is 356 Å². The standard InChI is InChI=1S/C48H88NO8P/c1-6-8-10-12-14-16-18-20-22-23-24-25-27-29-31-33-35-37-39-41-48(51)57-46(45-56-58(52,53)55-43-42-49(3,4)5)44-54-47(50)40-38-36-34-32-30-28-26-21-19-17-15-13-11-9-7-2/h20,22,24-25,29,31,35,37,46H,6-19,21,23,26-28,30,32-34,36,38-45H2,1-5H3/b22-20-,25-24-,31-29-,37-35-. The molecule has 0 amide bonds. The highest BCUT2D eigenvalue weighted by Gasteiger charge is 2.21. The normalized spacial score (nSPS) is 14.0. The van der Waals surface area contributed by atoms with E-state index in [1.807, 2.05) is 33.3 Å². The van der Waals surface area contributed by atoms with E-state index in [9.17, 15) is 19.0 Å². The number of hydrogen-bond acceptors (Lipinski definition) is 8. The van der Waals surface area contributed by atoms with Crippen LogP contribution in [-0.2, 0) is 32.7 Å². The molecule has 9 nitrogen and oxygen atoms in total. The van der Waals surface area contributed by atoms with Gasteiger partial charge in [-0.15, -0.1) is 0 Å². The predicted octanol–water partition coefficient (Wildman–Crippen LogP) is 12.8. The van der Waals surface area contributed by atoms with Gasteiger partial charge in [-0.25, -0.2) is 0 Å². The molecule has 0 fully saturated rings. The lowest BCUT2D eigenvalue weighted by atomic mass is 10.0. The maximum absolute atomic E-state index is 12.7. The van der Waals surface area contributed by atoms with Crippen LogP contribution in [0, 0.1) is 0 Å². The molecule has 58 heavy (non-hydrogen) atoms. The van der Waals surface area contributed by atoms with E-state index in [-0.39, 0.29) is 26.1 Å². The summed E-state index contributed by atoms with van der Waals surface area (Å²) in [5.41, 5.74) is 0. The van der Waals surface area contributed by atoms with E-state index < -0.39 is 32.5 Å². The molecule has 338 valence electrons. The predicted molar refractivity (Wildman–Crippen MR) is 240 cm³/mol. The van der Waals surface area contributed by atoms with Gasteiger partial charge >= 0.3 is 11.9 Å². The molecule has 0 aromatic rings. The zero-order valence-corrected chi connectivity index (χ0v) is 38.9. The van der Waals surface area contributed by atoms with Gasteiger partial charge in [0, 0.05) is 12.8 Å². The van der Waals surface area contributed by atoms with Crippen molar-refractivity contribution in [2.45, 2.75) is 200 Å². The molecule has 0 saturated carbocycles. The summed E-state index contributed by atoms with van der Waals surface area (Å²) in [5, 5.41) is 0. The number of rotatable bonds is 42. The molecule has 0 aromatic carbocycles. The van der Waals surface area contributed by atoms with Crippen LogP contribution >= 0.6 is 7.82 Å². The minimum atomic E-state index is -4.64. The Morgan fingerprint density at radius 2 is 0.966 bits per heavy atom. The Morgan fingerprint density at radius 3 is 1.45 bits per heavy atom. The number of nitrogens with zero attached hydrogens (tertiary/aromatic N) is 1. The number of allylic oxidation sites excluding steroid dienone is 8. The molecule has 0 aliphatic heterocycles. The minimum absolute atomic E-state index is 0.0435. The van der Waals surface area contributed by atoms with Gasteiger partial charge in [-0.05, 0) is 44.9 Å². The minimum Gasteiger partial charge on any atom is -0.756 e. The number of hydrogen-bond donors (Lipinski definition) is 0. The third-order valence-electron chi connectivity index (χ3n) is 9.87. The van der Waals surface area contributed by atoms with E-state index in [0.717, 1.165) is 38.5 Å². The summed E-state index contributed by atoms with van der Waals surface area (Å²) in [4.78, 5) is 37.5. The number of carbonyl (C=O) groups excluding carboxylic acids is 2. The van der Waals surface area contributed by atoms with E-state index in [4.69, 9.17) is 18.5 Å². The van der Waals surface area contributed by atoms with Crippen LogP contribution < -0.4 is 4.89 Å². The fourth-order valence-corrected chi connectivity index (χ4v) is 6.92. The van der Waals surface area contributed by atoms with Crippen molar-refractivity contribution < 1.29 is 42.1 Å². The first kappa shape index (κ1) is 56.0. The number of likely N-dealkylation sites (N-methyl/N-ethyl adjacent to an activating group) is 1. The molecule has 0 aliphatic carbocycles. The Hall–Kier alpha value is -2.03. The van der Waals surface area contributed by atoms with Gasteiger partial charge in [0.2, 0.25) is 0 Å². The zero-order chi connectivity index (χ0) is 42.8. The van der Waals surface area contributed by atoms with E-state index in [0.29, 0.717) is 17.4 Å². The highest BCUT2D eigenvalue weighted by atomic mass is 31.2. The average molecular weight is 838 g/mol. The van der Waals surface area contributed by atoms with Crippen LogP contribution in [0.25, 0.3) is 0 Å². The van der Waals surface area contributed by atoms with Gasteiger partial charge in [0.15, 0.2) is 6.10 Å². The number of phosphoric acid groups is 1. The van der Waals surface area contributed by atoms with Gasteiger partial charge < -0.3 is 27.9 Å². The van der Waals surface area contributed by atoms with Crippen LogP contribution in [0.4, 0.5) is 0 Å². The molecule has 0 aliphatic rings. The van der Waals surface area contributed by atoms with E-state index in [1.54, 1.807) is 0 Å². The summed E-state index contributed by atoms with van der Waals surface area (Å²) >= 11 is 0. The Kier molecular flexibility index (Phi) is 39.0. The molecule has 10 heteroatoms. The van der Waals surface area contributed by atoms with E-state index >= 15 is 0 Å². The molecule has 0 radical (unpaired) electrons. The van der Waals surface area contributed by atoms with Crippen molar-refractivity contribution in [2.24, 2.45) is 0 Å². The molecule has 0 aromatic heterocycles. The van der Waals surface area contributed by atoms with Crippen molar-refractivity contribution in [3.63, 3.8) is 0 Å². The first-order valence-electron chi connectivity index (χ1n) is 23.3. The lowest BCUT2D eigenvalue weighted by Gasteiger charge is -2.28. The summed E-state index contributed by atoms with van der Waals surface area (Å²) in [5.74, 6) is -0.924. The first-order valence-corrected chi connectivity index (χ1v) is 24.8. The summed E-state index contributed by atoms with van der Waals surface area (Å²) in [6.45, 7) is 4.15. The van der Waals surface area contributed by atoms with Crippen molar-refractivity contribution in [3.05, 3.63) is 48.6 Å². The average Bonchev–Trinajstić information content (AvgIpc) is 3.17. The van der Waals surface area contributed by atoms with Crippen molar-refractivity contribution in [2.75, 3.05) is 47.5 Å². The molecule has 0 rings (SSSR count). The number of esters is 2. The second-order valence-electron chi connectivity index (χ2n) is 16.8. The van der Waals surface area contributed by atoms with Crippen LogP contribution in [0.1, 0.15) is 194 Å². The molecule has 2 atom stereocenters. The highest BCUT2D eigenvalue weighted by molar-refractivity contribution is 7.45. The van der Waals surface area contributed by atoms with Crippen molar-refractivity contribution in [3.8, 4) is 0 Å². The summed E-state index contributed by atoms with van der Waals surface area (Å²) in [6, 6.07) is 0. The molecule has 2 unspecified atom stereocenters. The quantitative estimate of drug-likeness (QED) is 0.0196. The number of quaternary nitrogens is 1. The molecule has 0 spiro atoms. The number of carbonyl (C=O) groups is 2. The largest absolute Gasteiger partial charge is 0.756 e. The summed E-state index contributed by atoms with van der Waals surface area (Å²) < 4.78 is 33.8. The zero-order valence-electron chi connectivity index (χ0n) is 38.0. The second kappa shape index (κ2) is 40.4. The molecule has 0 heterocycles. The van der Waals surface area contributed by atoms with Gasteiger partial charge in [-0.3, -0.25) is 14.2 Å². The maximum Gasteiger partial charge on any atom is 0.306 e. The molecular formula is C48H88NO8P. The topological polar surface area (TPSA) is 111 Å². The molecule has 0 saturated heterocycles. The van der Waals surface area contributed by atoms with Gasteiger partial charge in [0.05, 0.1) is 27.7 Å². The van der Waals surface area contributed by atoms with Crippen molar-refractivity contribution in [1.82, 2.24) is 0 Å². The van der Waals surface area contributed by atoms with Gasteiger partial charge in [0.1, 0.15) is 19.8 Å². The first-order chi connectivity index (χ1) is 28.0. The molecular weight excluding hydrogens is 750 g/mol. The van der Waals surface area contributed by atoms with Crippen LogP contribution in [0.3, 0.4) is 0 Å². The Bertz CT molecular complexity index is 1130. The van der Waals surface area contributed by atoms with E-state index in [2.05, 4.69) is 50.3 Å². The molecule has 0 N–H and O–H groups in total. The highest BCUT2D eigenvalue weighted by Crippen LogP contribution is 2.38. The SMILES string of the molecule is CCCCCCCC/C=C\C/C=C\C/C=C\C/C=C\CCC(=O)OC(COC(=O)CCCCCCCCCCCCCCCCC)COP(=O)([O-])OCC[N+](C)(C)C. The number of ether oxygens (including phenoxy) is 2. The third-order valence-corrected chi connectivity index (χ3v) is 10.8. The Morgan fingerprint density at radius 1 is 0.534 bits per heavy atom. The van der Waals surface area contributed by atoms with Crippen LogP contribution in [-0.4, -0.2) is 70.0 Å². The number of unbranched alkanes of at least 4 members (excludes halogenated alkanes) is 20. The van der Waals surface area contributed by atoms with Gasteiger partial charge in [-0.1, -0.05) is 184 Å². The smallest absolute Gasteiger partial charge is 0.306 e. The molecule has 0 bridgehead atoms. The lowest BCUT2D eigenvalue weighted by Crippen LogP contribution is -2.37. The van der Waals surface area contributed by atoms with Crippen LogP contribution in [0.15, 0.2) is 48.6 Å². The maximum atomic E-state index is 12.7. The van der Waals surface area contributed by atoms with Gasteiger partial charge in [0.25, 0.3) is 7.82 Å². The fourth-order valence-electron chi connectivity index (χ4n) is 6.19. The van der Waals surface area contributed by atoms with Gasteiger partial charge in [-0.2, -0.15) is 0 Å². The lowest BCUT2D eigenvalue weighted by molar-refractivity contribution is -0.870. The third kappa shape index (κ3) is 43.5. The number of phosphoric ester groups is 1. The van der Waals surface area contributed by atoms with Crippen molar-refractivity contribution >= 4 is 19.8 Å². The Balaban J connectivity index is 4.44.